The molecule has 0 aliphatic carbocycles. The first-order chi connectivity index (χ1) is 8.61. The predicted octanol–water partition coefficient (Wildman–Crippen LogP) is 2.27. The van der Waals surface area contributed by atoms with Crippen LogP contribution in [0, 0.1) is 5.82 Å². The summed E-state index contributed by atoms with van der Waals surface area (Å²) < 4.78 is 18.8. The normalized spacial score (nSPS) is 19.3. The van der Waals surface area contributed by atoms with Crippen molar-refractivity contribution in [2.45, 2.75) is 18.9 Å². The Morgan fingerprint density at radius 2 is 2.39 bits per heavy atom. The molecular formula is C13H15ClFNO2. The van der Waals surface area contributed by atoms with Crippen LogP contribution in [0.4, 0.5) is 4.39 Å². The Labute approximate surface area is 110 Å². The van der Waals surface area contributed by atoms with Gasteiger partial charge in [0.2, 0.25) is 5.91 Å². The van der Waals surface area contributed by atoms with Crippen molar-refractivity contribution >= 4 is 17.5 Å². The van der Waals surface area contributed by atoms with E-state index in [-0.39, 0.29) is 24.0 Å². The number of methoxy groups -OCH3 is 1. The van der Waals surface area contributed by atoms with Gasteiger partial charge >= 0.3 is 0 Å². The number of ether oxygens (including phenoxy) is 1. The van der Waals surface area contributed by atoms with Crippen LogP contribution in [-0.4, -0.2) is 37.1 Å². The summed E-state index contributed by atoms with van der Waals surface area (Å²) in [7, 11) is 1.63. The maximum Gasteiger partial charge on any atom is 0.227 e. The number of carbonyl (C=O) groups excluding carboxylic acids is 1. The van der Waals surface area contributed by atoms with Crippen molar-refractivity contribution in [1.82, 2.24) is 4.90 Å². The van der Waals surface area contributed by atoms with Gasteiger partial charge in [0.25, 0.3) is 0 Å². The van der Waals surface area contributed by atoms with Gasteiger partial charge in [0, 0.05) is 30.8 Å². The van der Waals surface area contributed by atoms with Gasteiger partial charge in [0.05, 0.1) is 12.5 Å². The third kappa shape index (κ3) is 2.82. The molecule has 18 heavy (non-hydrogen) atoms. The third-order valence-electron chi connectivity index (χ3n) is 3.22. The van der Waals surface area contributed by atoms with Gasteiger partial charge in [-0.2, -0.15) is 0 Å². The van der Waals surface area contributed by atoms with Crippen molar-refractivity contribution in [2.75, 3.05) is 20.2 Å². The Balaban J connectivity index is 2.04. The fourth-order valence-electron chi connectivity index (χ4n) is 2.11. The Kier molecular flexibility index (Phi) is 4.19. The van der Waals surface area contributed by atoms with Crippen molar-refractivity contribution in [3.63, 3.8) is 0 Å². The fourth-order valence-corrected chi connectivity index (χ4v) is 2.34. The maximum absolute atomic E-state index is 13.6. The Bertz CT molecular complexity index is 432. The van der Waals surface area contributed by atoms with Crippen LogP contribution >= 0.6 is 11.6 Å². The minimum atomic E-state index is -0.432. The molecule has 1 atom stereocenters. The quantitative estimate of drug-likeness (QED) is 0.844. The van der Waals surface area contributed by atoms with Gasteiger partial charge in [-0.15, -0.1) is 0 Å². The van der Waals surface area contributed by atoms with E-state index < -0.39 is 5.82 Å². The molecule has 1 aliphatic rings. The molecule has 2 rings (SSSR count). The molecule has 1 heterocycles. The summed E-state index contributed by atoms with van der Waals surface area (Å²) in [5, 5.41) is 0.297. The molecule has 5 heteroatoms. The van der Waals surface area contributed by atoms with Crippen molar-refractivity contribution in [3.8, 4) is 0 Å². The van der Waals surface area contributed by atoms with Crippen molar-refractivity contribution < 1.29 is 13.9 Å². The second kappa shape index (κ2) is 5.67. The summed E-state index contributed by atoms with van der Waals surface area (Å²) in [6, 6.07) is 4.44. The summed E-state index contributed by atoms with van der Waals surface area (Å²) in [6.45, 7) is 1.23. The average molecular weight is 272 g/mol. The molecule has 1 amide bonds. The lowest BCUT2D eigenvalue weighted by atomic mass is 10.1. The van der Waals surface area contributed by atoms with Gasteiger partial charge in [-0.1, -0.05) is 17.7 Å². The van der Waals surface area contributed by atoms with E-state index in [9.17, 15) is 9.18 Å². The highest BCUT2D eigenvalue weighted by atomic mass is 35.5. The van der Waals surface area contributed by atoms with E-state index in [1.54, 1.807) is 18.1 Å². The van der Waals surface area contributed by atoms with Gasteiger partial charge in [-0.3, -0.25) is 4.79 Å². The minimum Gasteiger partial charge on any atom is -0.380 e. The van der Waals surface area contributed by atoms with Crippen molar-refractivity contribution in [2.24, 2.45) is 0 Å². The Hall–Kier alpha value is -1.13. The van der Waals surface area contributed by atoms with E-state index in [2.05, 4.69) is 0 Å². The highest BCUT2D eigenvalue weighted by Crippen LogP contribution is 2.21. The van der Waals surface area contributed by atoms with Gasteiger partial charge < -0.3 is 9.64 Å². The molecule has 98 valence electrons. The molecule has 0 radical (unpaired) electrons. The van der Waals surface area contributed by atoms with Crippen molar-refractivity contribution in [1.29, 1.82) is 0 Å². The molecular weight excluding hydrogens is 257 g/mol. The van der Waals surface area contributed by atoms with Gasteiger partial charge in [0.1, 0.15) is 5.82 Å². The van der Waals surface area contributed by atoms with Crippen LogP contribution < -0.4 is 0 Å². The largest absolute Gasteiger partial charge is 0.380 e. The average Bonchev–Trinajstić information content (AvgIpc) is 2.82. The van der Waals surface area contributed by atoms with E-state index >= 15 is 0 Å². The standard InChI is InChI=1S/C13H15ClFNO2/c1-18-9-5-6-16(8-9)13(17)7-10-11(14)3-2-4-12(10)15/h2-4,9H,5-8H2,1H3. The zero-order chi connectivity index (χ0) is 13.1. The number of hydrogen-bond donors (Lipinski definition) is 0. The van der Waals surface area contributed by atoms with E-state index in [0.717, 1.165) is 6.42 Å². The number of nitrogens with zero attached hydrogens (tertiary/aromatic N) is 1. The maximum atomic E-state index is 13.6. The summed E-state index contributed by atoms with van der Waals surface area (Å²) in [5.74, 6) is -0.542. The van der Waals surface area contributed by atoms with E-state index in [1.165, 1.54) is 12.1 Å². The molecule has 0 aromatic heterocycles. The second-order valence-corrected chi connectivity index (χ2v) is 4.77. The highest BCUT2D eigenvalue weighted by molar-refractivity contribution is 6.31. The van der Waals surface area contributed by atoms with Crippen LogP contribution in [0.15, 0.2) is 18.2 Å². The lowest BCUT2D eigenvalue weighted by molar-refractivity contribution is -0.129. The van der Waals surface area contributed by atoms with Gasteiger partial charge in [-0.05, 0) is 18.6 Å². The molecule has 1 aromatic carbocycles. The van der Waals surface area contributed by atoms with Gasteiger partial charge in [0.15, 0.2) is 0 Å². The third-order valence-corrected chi connectivity index (χ3v) is 3.57. The number of carbonyl (C=O) groups is 1. The summed E-state index contributed by atoms with van der Waals surface area (Å²) >= 11 is 5.90. The van der Waals surface area contributed by atoms with Crippen molar-refractivity contribution in [3.05, 3.63) is 34.6 Å². The molecule has 1 unspecified atom stereocenters. The van der Waals surface area contributed by atoms with Crippen LogP contribution in [0.5, 0.6) is 0 Å². The minimum absolute atomic E-state index is 0.00193. The Morgan fingerprint density at radius 3 is 3.00 bits per heavy atom. The topological polar surface area (TPSA) is 29.5 Å². The van der Waals surface area contributed by atoms with Crippen LogP contribution in [0.3, 0.4) is 0 Å². The number of hydrogen-bond acceptors (Lipinski definition) is 2. The van der Waals surface area contributed by atoms with Crippen LogP contribution in [-0.2, 0) is 16.0 Å². The number of amides is 1. The zero-order valence-electron chi connectivity index (χ0n) is 10.2. The molecule has 1 aliphatic heterocycles. The van der Waals surface area contributed by atoms with E-state index in [1.807, 2.05) is 0 Å². The molecule has 0 N–H and O–H groups in total. The Morgan fingerprint density at radius 1 is 1.61 bits per heavy atom. The zero-order valence-corrected chi connectivity index (χ0v) is 10.9. The van der Waals surface area contributed by atoms with E-state index in [0.29, 0.717) is 18.1 Å². The summed E-state index contributed by atoms with van der Waals surface area (Å²) in [5.41, 5.74) is 0.269. The molecule has 1 fully saturated rings. The number of benzene rings is 1. The monoisotopic (exact) mass is 271 g/mol. The van der Waals surface area contributed by atoms with E-state index in [4.69, 9.17) is 16.3 Å². The highest BCUT2D eigenvalue weighted by Gasteiger charge is 2.26. The number of halogens is 2. The predicted molar refractivity (Wildman–Crippen MR) is 67.1 cm³/mol. The molecule has 1 saturated heterocycles. The lowest BCUT2D eigenvalue weighted by Gasteiger charge is -2.16. The summed E-state index contributed by atoms with van der Waals surface area (Å²) in [6.07, 6.45) is 0.917. The van der Waals surface area contributed by atoms with Gasteiger partial charge in [-0.25, -0.2) is 4.39 Å². The molecule has 1 aromatic rings. The first-order valence-corrected chi connectivity index (χ1v) is 6.23. The van der Waals surface area contributed by atoms with Crippen LogP contribution in [0.2, 0.25) is 5.02 Å². The number of likely N-dealkylation sites (tertiary alicyclic amines) is 1. The molecule has 3 nitrogen and oxygen atoms in total. The summed E-state index contributed by atoms with van der Waals surface area (Å²) in [4.78, 5) is 13.7. The first kappa shape index (κ1) is 13.3. The fraction of sp³-hybridized carbons (Fsp3) is 0.462. The first-order valence-electron chi connectivity index (χ1n) is 5.85. The molecule has 0 spiro atoms. The van der Waals surface area contributed by atoms with Crippen LogP contribution in [0.25, 0.3) is 0 Å². The SMILES string of the molecule is COC1CCN(C(=O)Cc2c(F)cccc2Cl)C1. The number of rotatable bonds is 3. The smallest absolute Gasteiger partial charge is 0.227 e. The molecule has 0 saturated carbocycles. The molecule has 0 bridgehead atoms. The van der Waals surface area contributed by atoms with Crippen LogP contribution in [0.1, 0.15) is 12.0 Å². The second-order valence-electron chi connectivity index (χ2n) is 4.36. The lowest BCUT2D eigenvalue weighted by Crippen LogP contribution is -2.31.